The molecule has 0 aromatic carbocycles. The van der Waals surface area contributed by atoms with Gasteiger partial charge >= 0.3 is 7.82 Å². The van der Waals surface area contributed by atoms with Crippen molar-refractivity contribution < 1.29 is 19.2 Å². The van der Waals surface area contributed by atoms with E-state index in [4.69, 9.17) is 19.2 Å². The quantitative estimate of drug-likeness (QED) is 0.0925. The van der Waals surface area contributed by atoms with Crippen molar-refractivity contribution in [3.8, 4) is 0 Å². The van der Waals surface area contributed by atoms with Gasteiger partial charge in [-0.25, -0.2) is 4.57 Å². The van der Waals surface area contributed by atoms with Crippen molar-refractivity contribution in [1.82, 2.24) is 0 Å². The molecule has 0 rings (SSSR count). The molecule has 0 aliphatic heterocycles. The molecule has 0 aromatic rings. The second-order valence-corrected chi connectivity index (χ2v) is 11.3. The summed E-state index contributed by atoms with van der Waals surface area (Å²) in [6.07, 6.45) is 35.3. The van der Waals surface area contributed by atoms with E-state index in [-0.39, 0.29) is 0 Å². The monoisotopic (exact) mass is 492 g/mol. The Morgan fingerprint density at radius 2 is 0.636 bits per heavy atom. The third kappa shape index (κ3) is 42.7. The van der Waals surface area contributed by atoms with Gasteiger partial charge in [0.25, 0.3) is 0 Å². The van der Waals surface area contributed by atoms with Crippen molar-refractivity contribution in [3.05, 3.63) is 0 Å². The third-order valence-electron chi connectivity index (χ3n) is 6.60. The van der Waals surface area contributed by atoms with Gasteiger partial charge in [-0.1, -0.05) is 175 Å². The molecule has 1 atom stereocenters. The zero-order chi connectivity index (χ0) is 25.0. The lowest BCUT2D eigenvalue weighted by molar-refractivity contribution is 0.275. The molecular weight excluding hydrogens is 431 g/mol. The molecule has 0 radical (unpaired) electrons. The predicted octanol–water partition coefficient (Wildman–Crippen LogP) is 10.1. The Kier molecular flexibility index (Phi) is 30.3. The molecule has 0 aliphatic carbocycles. The molecule has 0 saturated carbocycles. The Hall–Kier alpha value is 0.110. The Morgan fingerprint density at radius 3 is 0.848 bits per heavy atom. The highest BCUT2D eigenvalue weighted by Crippen LogP contribution is 2.25. The van der Waals surface area contributed by atoms with Crippen molar-refractivity contribution in [2.75, 3.05) is 0 Å². The summed E-state index contributed by atoms with van der Waals surface area (Å²) in [6.45, 7) is 7.10. The van der Waals surface area contributed by atoms with E-state index in [0.717, 1.165) is 5.92 Å². The number of phosphoric acid groups is 1. The van der Waals surface area contributed by atoms with Gasteiger partial charge in [-0.05, 0) is 5.92 Å². The first-order valence-electron chi connectivity index (χ1n) is 14.6. The van der Waals surface area contributed by atoms with Crippen LogP contribution in [0.5, 0.6) is 0 Å². The molecular formula is C28H61O4P. The normalized spacial score (nSPS) is 12.4. The molecule has 202 valence electrons. The maximum atomic E-state index is 8.88. The molecule has 0 bridgehead atoms. The van der Waals surface area contributed by atoms with E-state index in [9.17, 15) is 0 Å². The number of hydrogen-bond donors (Lipinski definition) is 3. The number of unbranched alkanes of at least 4 members (excludes halogenated alkanes) is 20. The summed E-state index contributed by atoms with van der Waals surface area (Å²) >= 11 is 0. The Labute approximate surface area is 208 Å². The van der Waals surface area contributed by atoms with Crippen LogP contribution in [0, 0.1) is 5.92 Å². The van der Waals surface area contributed by atoms with Crippen LogP contribution in [0.4, 0.5) is 0 Å². The molecule has 5 heteroatoms. The molecule has 0 amide bonds. The van der Waals surface area contributed by atoms with E-state index >= 15 is 0 Å². The topological polar surface area (TPSA) is 77.8 Å². The smallest absolute Gasteiger partial charge is 0.303 e. The first kappa shape index (κ1) is 35.3. The third-order valence-corrected chi connectivity index (χ3v) is 6.60. The van der Waals surface area contributed by atoms with Crippen molar-refractivity contribution >= 4 is 7.82 Å². The van der Waals surface area contributed by atoms with Crippen LogP contribution < -0.4 is 0 Å². The van der Waals surface area contributed by atoms with E-state index in [1.54, 1.807) is 0 Å². The zero-order valence-corrected chi connectivity index (χ0v) is 23.6. The maximum absolute atomic E-state index is 8.88. The van der Waals surface area contributed by atoms with Crippen LogP contribution in [0.3, 0.4) is 0 Å². The van der Waals surface area contributed by atoms with Gasteiger partial charge in [0.15, 0.2) is 0 Å². The summed E-state index contributed by atoms with van der Waals surface area (Å²) in [5.74, 6) is 0.970. The average molecular weight is 493 g/mol. The van der Waals surface area contributed by atoms with E-state index in [2.05, 4.69) is 20.8 Å². The fraction of sp³-hybridized carbons (Fsp3) is 1.00. The predicted molar refractivity (Wildman–Crippen MR) is 146 cm³/mol. The molecule has 0 aliphatic rings. The maximum Gasteiger partial charge on any atom is 0.466 e. The SMILES string of the molecule is CCCCCCCCCCCCCCC(C)CCCCCCCCCCCC.O=P(O)(O)O. The molecule has 33 heavy (non-hydrogen) atoms. The van der Waals surface area contributed by atoms with Gasteiger partial charge in [-0.2, -0.15) is 0 Å². The first-order valence-corrected chi connectivity index (χ1v) is 16.2. The highest BCUT2D eigenvalue weighted by molar-refractivity contribution is 7.45. The summed E-state index contributed by atoms with van der Waals surface area (Å²) in [4.78, 5) is 21.6. The molecule has 0 spiro atoms. The second kappa shape index (κ2) is 28.3. The van der Waals surface area contributed by atoms with Crippen LogP contribution in [0.1, 0.15) is 175 Å². The van der Waals surface area contributed by atoms with Crippen molar-refractivity contribution in [2.45, 2.75) is 175 Å². The number of rotatable bonds is 24. The second-order valence-electron chi connectivity index (χ2n) is 10.3. The lowest BCUT2D eigenvalue weighted by atomic mass is 9.95. The van der Waals surface area contributed by atoms with Crippen LogP contribution >= 0.6 is 7.82 Å². The average Bonchev–Trinajstić information content (AvgIpc) is 2.74. The zero-order valence-electron chi connectivity index (χ0n) is 22.7. The largest absolute Gasteiger partial charge is 0.466 e. The van der Waals surface area contributed by atoms with Crippen molar-refractivity contribution in [2.24, 2.45) is 5.92 Å². The highest BCUT2D eigenvalue weighted by atomic mass is 31.2. The minimum atomic E-state index is -4.64. The molecule has 3 N–H and O–H groups in total. The van der Waals surface area contributed by atoms with Crippen molar-refractivity contribution in [1.29, 1.82) is 0 Å². The molecule has 0 fully saturated rings. The first-order chi connectivity index (χ1) is 15.8. The Morgan fingerprint density at radius 1 is 0.455 bits per heavy atom. The summed E-state index contributed by atoms with van der Waals surface area (Å²) in [6, 6.07) is 0. The van der Waals surface area contributed by atoms with E-state index < -0.39 is 7.82 Å². The lowest BCUT2D eigenvalue weighted by Gasteiger charge is -2.11. The van der Waals surface area contributed by atoms with Gasteiger partial charge in [0.1, 0.15) is 0 Å². The van der Waals surface area contributed by atoms with Crippen LogP contribution in [0.25, 0.3) is 0 Å². The van der Waals surface area contributed by atoms with Crippen LogP contribution in [0.2, 0.25) is 0 Å². The molecule has 1 unspecified atom stereocenters. The summed E-state index contributed by atoms with van der Waals surface area (Å²) in [7, 11) is -4.64. The molecule has 0 saturated heterocycles. The molecule has 0 heterocycles. The van der Waals surface area contributed by atoms with Gasteiger partial charge in [0.05, 0.1) is 0 Å². The Bertz CT molecular complexity index is 389. The van der Waals surface area contributed by atoms with Gasteiger partial charge in [-0.15, -0.1) is 0 Å². The summed E-state index contributed by atoms with van der Waals surface area (Å²) < 4.78 is 8.88. The van der Waals surface area contributed by atoms with Crippen LogP contribution in [0.15, 0.2) is 0 Å². The van der Waals surface area contributed by atoms with Gasteiger partial charge in [0.2, 0.25) is 0 Å². The van der Waals surface area contributed by atoms with E-state index in [0.29, 0.717) is 0 Å². The van der Waals surface area contributed by atoms with Gasteiger partial charge < -0.3 is 14.7 Å². The van der Waals surface area contributed by atoms with Gasteiger partial charge in [0, 0.05) is 0 Å². The van der Waals surface area contributed by atoms with Crippen LogP contribution in [-0.4, -0.2) is 14.7 Å². The molecule has 4 nitrogen and oxygen atoms in total. The lowest BCUT2D eigenvalue weighted by Crippen LogP contribution is -1.95. The Balaban J connectivity index is 0. The fourth-order valence-corrected chi connectivity index (χ4v) is 4.46. The van der Waals surface area contributed by atoms with E-state index in [1.807, 2.05) is 0 Å². The van der Waals surface area contributed by atoms with E-state index in [1.165, 1.54) is 154 Å². The van der Waals surface area contributed by atoms with Crippen molar-refractivity contribution in [3.63, 3.8) is 0 Å². The standard InChI is InChI=1S/C28H58.H3O4P/c1-4-6-8-10-12-14-16-17-19-21-23-25-27-28(3)26-24-22-20-18-15-13-11-9-7-5-2;1-5(2,3)4/h28H,4-27H2,1-3H3;(H3,1,2,3,4). The highest BCUT2D eigenvalue weighted by Gasteiger charge is 2.02. The minimum absolute atomic E-state index is 0.970. The van der Waals surface area contributed by atoms with Gasteiger partial charge in [-0.3, -0.25) is 0 Å². The van der Waals surface area contributed by atoms with Crippen LogP contribution in [-0.2, 0) is 4.57 Å². The minimum Gasteiger partial charge on any atom is -0.303 e. The summed E-state index contributed by atoms with van der Waals surface area (Å²) in [5.41, 5.74) is 0. The number of hydrogen-bond acceptors (Lipinski definition) is 1. The summed E-state index contributed by atoms with van der Waals surface area (Å²) in [5, 5.41) is 0. The molecule has 0 aromatic heterocycles. The fourth-order valence-electron chi connectivity index (χ4n) is 4.46.